The minimum Gasteiger partial charge on any atom is -0.316 e. The number of nitrogens with zero attached hydrogens (tertiary/aromatic N) is 4. The van der Waals surface area contributed by atoms with Crippen LogP contribution in [0.4, 0.5) is 11.6 Å². The van der Waals surface area contributed by atoms with Crippen molar-refractivity contribution in [1.29, 1.82) is 0 Å². The number of hydrogen-bond acceptors (Lipinski definition) is 3. The number of nitrogens with one attached hydrogen (secondary N) is 2. The highest BCUT2D eigenvalue weighted by molar-refractivity contribution is 9.10. The molecule has 0 radical (unpaired) electrons. The van der Waals surface area contributed by atoms with Crippen LogP contribution >= 0.6 is 51.3 Å². The molecule has 6 nitrogen and oxygen atoms in total. The third kappa shape index (κ3) is 5.69. The summed E-state index contributed by atoms with van der Waals surface area (Å²) in [5.41, 5.74) is 3.06. The van der Waals surface area contributed by atoms with E-state index in [9.17, 15) is 0 Å². The molecule has 2 aromatic carbocycles. The molecule has 0 spiro atoms. The lowest BCUT2D eigenvalue weighted by molar-refractivity contribution is 0.668. The van der Waals surface area contributed by atoms with Crippen molar-refractivity contribution in [2.75, 3.05) is 10.6 Å². The molecule has 4 aromatic rings. The van der Waals surface area contributed by atoms with Crippen LogP contribution in [0.25, 0.3) is 0 Å². The maximum atomic E-state index is 6.25. The molecule has 0 amide bonds. The third-order valence-corrected chi connectivity index (χ3v) is 6.07. The normalized spacial score (nSPS) is 10.9. The maximum absolute atomic E-state index is 6.25. The monoisotopic (exact) mass is 548 g/mol. The number of rotatable bonds is 6. The van der Waals surface area contributed by atoms with Crippen LogP contribution in [0.5, 0.6) is 0 Å². The Balaban J connectivity index is 1.40. The molecule has 2 aromatic heterocycles. The molecule has 10 heteroatoms. The molecule has 2 heterocycles. The lowest BCUT2D eigenvalue weighted by atomic mass is 10.2. The van der Waals surface area contributed by atoms with E-state index in [-0.39, 0.29) is 0 Å². The first kappa shape index (κ1) is 22.8. The average Bonchev–Trinajstić information content (AvgIpc) is 3.25. The zero-order valence-electron chi connectivity index (χ0n) is 17.0. The maximum Gasteiger partial charge on any atom is 0.177 e. The van der Waals surface area contributed by atoms with E-state index in [4.69, 9.17) is 35.4 Å². The van der Waals surface area contributed by atoms with E-state index in [2.05, 4.69) is 36.8 Å². The van der Waals surface area contributed by atoms with Crippen molar-refractivity contribution < 1.29 is 0 Å². The quantitative estimate of drug-likeness (QED) is 0.274. The van der Waals surface area contributed by atoms with Crippen molar-refractivity contribution in [2.45, 2.75) is 20.0 Å². The summed E-state index contributed by atoms with van der Waals surface area (Å²) in [6.45, 7) is 3.16. The Morgan fingerprint density at radius 1 is 1.03 bits per heavy atom. The van der Waals surface area contributed by atoms with Gasteiger partial charge in [-0.05, 0) is 64.4 Å². The van der Waals surface area contributed by atoms with Gasteiger partial charge in [0.05, 0.1) is 17.6 Å². The highest BCUT2D eigenvalue weighted by Gasteiger charge is 2.12. The molecule has 0 unspecified atom stereocenters. The zero-order valence-corrected chi connectivity index (χ0v) is 20.9. The number of halogens is 3. The molecule has 2 N–H and O–H groups in total. The molecule has 0 aliphatic heterocycles. The molecule has 164 valence electrons. The topological polar surface area (TPSA) is 59.7 Å². The first-order chi connectivity index (χ1) is 15.4. The molecule has 0 atom stereocenters. The SMILES string of the molecule is Cc1cc(NC(=S)Nc2nn(Cc3ccccc3Cl)cc2Br)nn1Cc1cccc(Cl)c1. The van der Waals surface area contributed by atoms with Gasteiger partial charge < -0.3 is 10.6 Å². The summed E-state index contributed by atoms with van der Waals surface area (Å²) < 4.78 is 4.47. The predicted octanol–water partition coefficient (Wildman–Crippen LogP) is 6.36. The van der Waals surface area contributed by atoms with Gasteiger partial charge in [0.15, 0.2) is 16.7 Å². The summed E-state index contributed by atoms with van der Waals surface area (Å²) in [7, 11) is 0. The molecule has 0 saturated carbocycles. The van der Waals surface area contributed by atoms with Crippen molar-refractivity contribution in [1.82, 2.24) is 19.6 Å². The first-order valence-electron chi connectivity index (χ1n) is 9.70. The Bertz CT molecular complexity index is 1270. The molecule has 0 fully saturated rings. The van der Waals surface area contributed by atoms with Gasteiger partial charge >= 0.3 is 0 Å². The Hall–Kier alpha value is -2.39. The van der Waals surface area contributed by atoms with Crippen molar-refractivity contribution in [3.8, 4) is 0 Å². The third-order valence-electron chi connectivity index (χ3n) is 4.68. The zero-order chi connectivity index (χ0) is 22.7. The number of benzene rings is 2. The van der Waals surface area contributed by atoms with Gasteiger partial charge in [-0.1, -0.05) is 53.5 Å². The lowest BCUT2D eigenvalue weighted by Crippen LogP contribution is -2.20. The Kier molecular flexibility index (Phi) is 7.15. The molecular formula is C22H19BrCl2N6S. The molecular weight excluding hydrogens is 531 g/mol. The van der Waals surface area contributed by atoms with Gasteiger partial charge in [-0.15, -0.1) is 0 Å². The van der Waals surface area contributed by atoms with Crippen LogP contribution in [0.1, 0.15) is 16.8 Å². The van der Waals surface area contributed by atoms with Gasteiger partial charge in [-0.2, -0.15) is 10.2 Å². The van der Waals surface area contributed by atoms with Crippen LogP contribution in [0.15, 0.2) is 65.3 Å². The summed E-state index contributed by atoms with van der Waals surface area (Å²) in [5.74, 6) is 1.25. The largest absolute Gasteiger partial charge is 0.316 e. The summed E-state index contributed by atoms with van der Waals surface area (Å²) in [6, 6.07) is 17.3. The lowest BCUT2D eigenvalue weighted by Gasteiger charge is -2.07. The predicted molar refractivity (Wildman–Crippen MR) is 138 cm³/mol. The van der Waals surface area contributed by atoms with E-state index in [1.165, 1.54) is 0 Å². The summed E-state index contributed by atoms with van der Waals surface area (Å²) in [5, 5.41) is 17.2. The smallest absolute Gasteiger partial charge is 0.177 e. The van der Waals surface area contributed by atoms with E-state index < -0.39 is 0 Å². The minimum atomic E-state index is 0.390. The number of anilines is 2. The van der Waals surface area contributed by atoms with E-state index in [1.54, 1.807) is 4.68 Å². The number of aromatic nitrogens is 4. The van der Waals surface area contributed by atoms with Gasteiger partial charge in [0, 0.05) is 28.0 Å². The van der Waals surface area contributed by atoms with Crippen molar-refractivity contribution in [3.63, 3.8) is 0 Å². The Morgan fingerprint density at radius 2 is 1.84 bits per heavy atom. The highest BCUT2D eigenvalue weighted by atomic mass is 79.9. The second-order valence-electron chi connectivity index (χ2n) is 7.15. The molecule has 0 aliphatic rings. The molecule has 0 aliphatic carbocycles. The van der Waals surface area contributed by atoms with Gasteiger partial charge in [0.2, 0.25) is 0 Å². The van der Waals surface area contributed by atoms with Gasteiger partial charge in [-0.25, -0.2) is 0 Å². The van der Waals surface area contributed by atoms with Crippen LogP contribution < -0.4 is 10.6 Å². The van der Waals surface area contributed by atoms with E-state index in [0.717, 1.165) is 21.3 Å². The van der Waals surface area contributed by atoms with Gasteiger partial charge in [0.25, 0.3) is 0 Å². The first-order valence-corrected chi connectivity index (χ1v) is 11.7. The average molecular weight is 550 g/mol. The van der Waals surface area contributed by atoms with E-state index in [0.29, 0.717) is 39.9 Å². The van der Waals surface area contributed by atoms with Crippen LogP contribution in [-0.2, 0) is 13.1 Å². The summed E-state index contributed by atoms with van der Waals surface area (Å²) >= 11 is 21.3. The fraction of sp³-hybridized carbons (Fsp3) is 0.136. The number of hydrogen-bond donors (Lipinski definition) is 2. The second kappa shape index (κ2) is 10.0. The van der Waals surface area contributed by atoms with Gasteiger partial charge in [0.1, 0.15) is 0 Å². The Labute approximate surface area is 209 Å². The van der Waals surface area contributed by atoms with E-state index in [1.807, 2.05) is 72.4 Å². The fourth-order valence-electron chi connectivity index (χ4n) is 3.16. The number of thiocarbonyl (C=S) groups is 1. The Morgan fingerprint density at radius 3 is 2.62 bits per heavy atom. The summed E-state index contributed by atoms with van der Waals surface area (Å²) in [6.07, 6.45) is 1.87. The second-order valence-corrected chi connectivity index (χ2v) is 9.26. The van der Waals surface area contributed by atoms with Crippen molar-refractivity contribution >= 4 is 68.1 Å². The van der Waals surface area contributed by atoms with Crippen LogP contribution in [-0.4, -0.2) is 24.7 Å². The summed E-state index contributed by atoms with van der Waals surface area (Å²) in [4.78, 5) is 0. The molecule has 32 heavy (non-hydrogen) atoms. The van der Waals surface area contributed by atoms with Crippen LogP contribution in [0.2, 0.25) is 10.0 Å². The molecule has 0 saturated heterocycles. The van der Waals surface area contributed by atoms with Gasteiger partial charge in [-0.3, -0.25) is 9.36 Å². The van der Waals surface area contributed by atoms with Crippen LogP contribution in [0, 0.1) is 6.92 Å². The van der Waals surface area contributed by atoms with Crippen LogP contribution in [0.3, 0.4) is 0 Å². The fourth-order valence-corrected chi connectivity index (χ4v) is 4.18. The van der Waals surface area contributed by atoms with Crippen molar-refractivity contribution in [3.05, 3.63) is 92.1 Å². The molecule has 0 bridgehead atoms. The molecule has 4 rings (SSSR count). The highest BCUT2D eigenvalue weighted by Crippen LogP contribution is 2.23. The van der Waals surface area contributed by atoms with E-state index >= 15 is 0 Å². The van der Waals surface area contributed by atoms with Crippen molar-refractivity contribution in [2.24, 2.45) is 0 Å². The number of aryl methyl sites for hydroxylation is 1. The standard InChI is InChI=1S/C22H19BrCl2N6S/c1-14-9-20(28-31(14)11-15-5-4-7-17(24)10-15)26-22(32)27-21-18(23)13-30(29-21)12-16-6-2-3-8-19(16)25/h2-10,13H,11-12H2,1H3,(H2,26,27,28,29,32). The minimum absolute atomic E-state index is 0.390.